The van der Waals surface area contributed by atoms with Crippen LogP contribution in [0.2, 0.25) is 0 Å². The molecule has 0 saturated carbocycles. The summed E-state index contributed by atoms with van der Waals surface area (Å²) in [7, 11) is 0. The average Bonchev–Trinajstić information content (AvgIpc) is 2.32. The molecule has 2 rings (SSSR count). The van der Waals surface area contributed by atoms with E-state index in [4.69, 9.17) is 4.74 Å². The van der Waals surface area contributed by atoms with Crippen molar-refractivity contribution < 1.29 is 14.2 Å². The van der Waals surface area contributed by atoms with Crippen LogP contribution in [0.25, 0.3) is 0 Å². The zero-order valence-electron chi connectivity index (χ0n) is 11.2. The van der Waals surface area contributed by atoms with Gasteiger partial charge in [-0.1, -0.05) is 0 Å². The van der Waals surface area contributed by atoms with Crippen LogP contribution in [0.15, 0.2) is 24.3 Å². The van der Waals surface area contributed by atoms with Crippen LogP contribution in [-0.2, 0) is 6.61 Å². The zero-order chi connectivity index (χ0) is 14.0. The van der Waals surface area contributed by atoms with Gasteiger partial charge >= 0.3 is 0 Å². The van der Waals surface area contributed by atoms with E-state index in [1.807, 2.05) is 19.9 Å². The smallest absolute Gasteiger partial charge is 0.225 e. The van der Waals surface area contributed by atoms with Gasteiger partial charge in [-0.15, -0.1) is 0 Å². The Labute approximate surface area is 111 Å². The second-order valence-corrected chi connectivity index (χ2v) is 4.53. The number of hydrogen-bond acceptors (Lipinski definition) is 3. The predicted octanol–water partition coefficient (Wildman–Crippen LogP) is 3.43. The highest BCUT2D eigenvalue weighted by Crippen LogP contribution is 2.28. The third-order valence-corrected chi connectivity index (χ3v) is 2.94. The first-order valence-corrected chi connectivity index (χ1v) is 6.03. The Kier molecular flexibility index (Phi) is 3.81. The number of hydrogen-bond donors (Lipinski definition) is 1. The summed E-state index contributed by atoms with van der Waals surface area (Å²) < 4.78 is 18.8. The monoisotopic (exact) mass is 261 g/mol. The molecule has 4 heteroatoms. The van der Waals surface area contributed by atoms with Gasteiger partial charge in [0.15, 0.2) is 0 Å². The second-order valence-electron chi connectivity index (χ2n) is 4.53. The van der Waals surface area contributed by atoms with Gasteiger partial charge in [-0.2, -0.15) is 0 Å². The number of halogens is 1. The van der Waals surface area contributed by atoms with E-state index in [2.05, 4.69) is 4.98 Å². The molecule has 1 aromatic carbocycles. The fraction of sp³-hybridized carbons (Fsp3) is 0.267. The first-order chi connectivity index (χ1) is 9.01. The number of rotatable bonds is 3. The van der Waals surface area contributed by atoms with Gasteiger partial charge in [0.05, 0.1) is 6.61 Å². The van der Waals surface area contributed by atoms with Crippen molar-refractivity contribution in [2.24, 2.45) is 0 Å². The van der Waals surface area contributed by atoms with E-state index in [0.29, 0.717) is 22.8 Å². The van der Waals surface area contributed by atoms with Gasteiger partial charge in [0.25, 0.3) is 0 Å². The van der Waals surface area contributed by atoms with E-state index in [0.717, 1.165) is 11.3 Å². The Morgan fingerprint density at radius 3 is 2.53 bits per heavy atom. The maximum absolute atomic E-state index is 13.0. The third kappa shape index (κ3) is 2.90. The first kappa shape index (κ1) is 13.5. The van der Waals surface area contributed by atoms with Gasteiger partial charge in [-0.25, -0.2) is 9.37 Å². The van der Waals surface area contributed by atoms with Crippen LogP contribution < -0.4 is 4.74 Å². The van der Waals surface area contributed by atoms with Crippen molar-refractivity contribution in [3.63, 3.8) is 0 Å². The quantitative estimate of drug-likeness (QED) is 0.920. The SMILES string of the molecule is Cc1cc(C)c(CO)c(Oc2ccc(F)cc2C)n1. The molecule has 0 radical (unpaired) electrons. The van der Waals surface area contributed by atoms with Crippen molar-refractivity contribution in [3.8, 4) is 11.6 Å². The maximum atomic E-state index is 13.0. The lowest BCUT2D eigenvalue weighted by molar-refractivity contribution is 0.274. The number of ether oxygens (including phenoxy) is 1. The van der Waals surface area contributed by atoms with Crippen molar-refractivity contribution in [1.29, 1.82) is 0 Å². The van der Waals surface area contributed by atoms with Crippen LogP contribution in [0.3, 0.4) is 0 Å². The molecule has 1 N–H and O–H groups in total. The molecule has 0 atom stereocenters. The van der Waals surface area contributed by atoms with Gasteiger partial charge in [0, 0.05) is 11.3 Å². The summed E-state index contributed by atoms with van der Waals surface area (Å²) >= 11 is 0. The lowest BCUT2D eigenvalue weighted by Crippen LogP contribution is -2.00. The number of aliphatic hydroxyl groups excluding tert-OH is 1. The van der Waals surface area contributed by atoms with E-state index in [9.17, 15) is 9.50 Å². The Hall–Kier alpha value is -1.94. The Morgan fingerprint density at radius 2 is 1.89 bits per heavy atom. The van der Waals surface area contributed by atoms with Crippen LogP contribution in [0.4, 0.5) is 4.39 Å². The van der Waals surface area contributed by atoms with E-state index in [1.54, 1.807) is 13.0 Å². The molecule has 0 amide bonds. The topological polar surface area (TPSA) is 42.4 Å². The van der Waals surface area contributed by atoms with Gasteiger partial charge in [-0.3, -0.25) is 0 Å². The molecule has 19 heavy (non-hydrogen) atoms. The van der Waals surface area contributed by atoms with Crippen molar-refractivity contribution in [1.82, 2.24) is 4.98 Å². The number of nitrogens with zero attached hydrogens (tertiary/aromatic N) is 1. The lowest BCUT2D eigenvalue weighted by Gasteiger charge is -2.13. The number of benzene rings is 1. The lowest BCUT2D eigenvalue weighted by atomic mass is 10.1. The van der Waals surface area contributed by atoms with Crippen LogP contribution in [0.5, 0.6) is 11.6 Å². The molecule has 0 aliphatic heterocycles. The van der Waals surface area contributed by atoms with Crippen LogP contribution in [0, 0.1) is 26.6 Å². The summed E-state index contributed by atoms with van der Waals surface area (Å²) in [6.07, 6.45) is 0. The minimum Gasteiger partial charge on any atom is -0.438 e. The van der Waals surface area contributed by atoms with Crippen LogP contribution in [0.1, 0.15) is 22.4 Å². The summed E-state index contributed by atoms with van der Waals surface area (Å²) in [4.78, 5) is 4.29. The van der Waals surface area contributed by atoms with Crippen molar-refractivity contribution in [3.05, 3.63) is 52.5 Å². The molecule has 0 unspecified atom stereocenters. The summed E-state index contributed by atoms with van der Waals surface area (Å²) in [5.74, 6) is 0.601. The number of aryl methyl sites for hydroxylation is 3. The van der Waals surface area contributed by atoms with Crippen molar-refractivity contribution in [2.45, 2.75) is 27.4 Å². The number of pyridine rings is 1. The predicted molar refractivity (Wildman–Crippen MR) is 70.8 cm³/mol. The minimum absolute atomic E-state index is 0.144. The van der Waals surface area contributed by atoms with E-state index < -0.39 is 0 Å². The number of aromatic nitrogens is 1. The fourth-order valence-electron chi connectivity index (χ4n) is 1.94. The number of aliphatic hydroxyl groups is 1. The van der Waals surface area contributed by atoms with Crippen LogP contribution in [-0.4, -0.2) is 10.1 Å². The summed E-state index contributed by atoms with van der Waals surface area (Å²) in [6.45, 7) is 5.37. The van der Waals surface area contributed by atoms with Gasteiger partial charge < -0.3 is 9.84 Å². The highest BCUT2D eigenvalue weighted by atomic mass is 19.1. The molecule has 0 aliphatic rings. The van der Waals surface area contributed by atoms with Crippen molar-refractivity contribution >= 4 is 0 Å². The Bertz CT molecular complexity index is 611. The normalized spacial score (nSPS) is 10.6. The fourth-order valence-corrected chi connectivity index (χ4v) is 1.94. The highest BCUT2D eigenvalue weighted by Gasteiger charge is 2.11. The van der Waals surface area contributed by atoms with Gasteiger partial charge in [-0.05, 0) is 56.2 Å². The zero-order valence-corrected chi connectivity index (χ0v) is 11.2. The van der Waals surface area contributed by atoms with Gasteiger partial charge in [0.1, 0.15) is 11.6 Å². The molecular weight excluding hydrogens is 245 g/mol. The molecule has 2 aromatic rings. The molecule has 100 valence electrons. The summed E-state index contributed by atoms with van der Waals surface area (Å²) in [5, 5.41) is 9.40. The molecular formula is C15H16FNO2. The molecule has 3 nitrogen and oxygen atoms in total. The van der Waals surface area contributed by atoms with E-state index in [-0.39, 0.29) is 12.4 Å². The van der Waals surface area contributed by atoms with E-state index in [1.165, 1.54) is 12.1 Å². The molecule has 1 heterocycles. The van der Waals surface area contributed by atoms with E-state index >= 15 is 0 Å². The first-order valence-electron chi connectivity index (χ1n) is 6.03. The summed E-state index contributed by atoms with van der Waals surface area (Å²) in [6, 6.07) is 6.18. The Morgan fingerprint density at radius 1 is 1.16 bits per heavy atom. The van der Waals surface area contributed by atoms with Gasteiger partial charge in [0.2, 0.25) is 5.88 Å². The molecule has 0 saturated heterocycles. The minimum atomic E-state index is -0.305. The molecule has 1 aromatic heterocycles. The third-order valence-electron chi connectivity index (χ3n) is 2.94. The summed E-state index contributed by atoms with van der Waals surface area (Å²) in [5.41, 5.74) is 3.06. The molecule has 0 bridgehead atoms. The average molecular weight is 261 g/mol. The second kappa shape index (κ2) is 5.36. The Balaban J connectivity index is 2.42. The maximum Gasteiger partial charge on any atom is 0.225 e. The van der Waals surface area contributed by atoms with Crippen LogP contribution >= 0.6 is 0 Å². The molecule has 0 spiro atoms. The molecule has 0 fully saturated rings. The largest absolute Gasteiger partial charge is 0.438 e. The molecule has 0 aliphatic carbocycles. The standard InChI is InChI=1S/C15H16FNO2/c1-9-6-11(3)17-15(13(9)8-18)19-14-5-4-12(16)7-10(14)2/h4-7,18H,8H2,1-3H3. The van der Waals surface area contributed by atoms with Crippen molar-refractivity contribution in [2.75, 3.05) is 0 Å². The highest BCUT2D eigenvalue weighted by molar-refractivity contribution is 5.41.